The Balaban J connectivity index is 2.96. The molecule has 0 saturated heterocycles. The lowest BCUT2D eigenvalue weighted by atomic mass is 10.2. The lowest BCUT2D eigenvalue weighted by molar-refractivity contribution is 0.374. The van der Waals surface area contributed by atoms with Crippen molar-refractivity contribution in [2.24, 2.45) is 5.73 Å². The molecule has 16 heavy (non-hydrogen) atoms. The van der Waals surface area contributed by atoms with Gasteiger partial charge in [-0.05, 0) is 19.9 Å². The molecule has 0 radical (unpaired) electrons. The maximum absolute atomic E-state index is 11.4. The molecule has 7 heteroatoms. The molecule has 1 unspecified atom stereocenters. The fraction of sp³-hybridized carbons (Fsp3) is 0.333. The molecule has 5 nitrogen and oxygen atoms in total. The van der Waals surface area contributed by atoms with E-state index in [0.29, 0.717) is 17.9 Å². The summed E-state index contributed by atoms with van der Waals surface area (Å²) in [5.41, 5.74) is 7.41. The molecule has 0 fully saturated rings. The van der Waals surface area contributed by atoms with Gasteiger partial charge in [-0.3, -0.25) is 13.9 Å². The quantitative estimate of drug-likeness (QED) is 0.773. The molecule has 88 valence electrons. The van der Waals surface area contributed by atoms with Gasteiger partial charge in [0, 0.05) is 11.9 Å². The lowest BCUT2D eigenvalue weighted by Gasteiger charge is -2.10. The van der Waals surface area contributed by atoms with Crippen molar-refractivity contribution in [3.05, 3.63) is 23.5 Å². The first kappa shape index (κ1) is 13.0. The van der Waals surface area contributed by atoms with Gasteiger partial charge in [-0.15, -0.1) is 0 Å². The van der Waals surface area contributed by atoms with Crippen molar-refractivity contribution in [1.29, 1.82) is 0 Å². The first-order valence-corrected chi connectivity index (χ1v) is 6.11. The van der Waals surface area contributed by atoms with Crippen LogP contribution >= 0.6 is 12.2 Å². The summed E-state index contributed by atoms with van der Waals surface area (Å²) in [4.78, 5) is 4.26. The summed E-state index contributed by atoms with van der Waals surface area (Å²) in [7, 11) is 0. The number of hydrogen-bond donors (Lipinski definition) is 2. The van der Waals surface area contributed by atoms with Crippen LogP contribution in [0.3, 0.4) is 0 Å². The number of rotatable bonds is 5. The van der Waals surface area contributed by atoms with Crippen molar-refractivity contribution in [2.75, 3.05) is 11.3 Å². The van der Waals surface area contributed by atoms with Crippen LogP contribution in [-0.2, 0) is 15.4 Å². The largest absolute Gasteiger partial charge is 0.389 e. The average molecular weight is 259 g/mol. The highest BCUT2D eigenvalue weighted by atomic mass is 32.2. The van der Waals surface area contributed by atoms with Gasteiger partial charge in [-0.2, -0.15) is 0 Å². The van der Waals surface area contributed by atoms with E-state index in [1.54, 1.807) is 19.2 Å². The summed E-state index contributed by atoms with van der Waals surface area (Å²) < 4.78 is 18.9. The zero-order valence-corrected chi connectivity index (χ0v) is 10.7. The van der Waals surface area contributed by atoms with Crippen LogP contribution in [0.4, 0.5) is 5.69 Å². The van der Waals surface area contributed by atoms with Crippen LogP contribution in [0.25, 0.3) is 0 Å². The Morgan fingerprint density at radius 3 is 3.00 bits per heavy atom. The Bertz CT molecular complexity index is 423. The highest BCUT2D eigenvalue weighted by Gasteiger charge is 2.09. The fourth-order valence-corrected chi connectivity index (χ4v) is 1.85. The van der Waals surface area contributed by atoms with Crippen molar-refractivity contribution in [3.8, 4) is 0 Å². The van der Waals surface area contributed by atoms with Crippen LogP contribution in [0, 0.1) is 6.92 Å². The summed E-state index contributed by atoms with van der Waals surface area (Å²) >= 11 is 3.27. The average Bonchev–Trinajstić information content (AvgIpc) is 2.17. The Morgan fingerprint density at radius 2 is 2.44 bits per heavy atom. The van der Waals surface area contributed by atoms with E-state index in [9.17, 15) is 4.21 Å². The summed E-state index contributed by atoms with van der Waals surface area (Å²) in [6.45, 7) is 3.93. The highest BCUT2D eigenvalue weighted by Crippen LogP contribution is 2.16. The molecule has 0 aliphatic heterocycles. The second kappa shape index (κ2) is 5.88. The van der Waals surface area contributed by atoms with Crippen LogP contribution in [0.15, 0.2) is 12.3 Å². The van der Waals surface area contributed by atoms with Crippen LogP contribution < -0.4 is 10.5 Å². The third-order valence-corrected chi connectivity index (χ3v) is 2.78. The van der Waals surface area contributed by atoms with E-state index in [2.05, 4.69) is 9.71 Å². The van der Waals surface area contributed by atoms with Crippen molar-refractivity contribution in [2.45, 2.75) is 13.8 Å². The Hall–Kier alpha value is -1.05. The van der Waals surface area contributed by atoms with Gasteiger partial charge in [0.25, 0.3) is 11.3 Å². The Kier molecular flexibility index (Phi) is 4.78. The summed E-state index contributed by atoms with van der Waals surface area (Å²) in [5, 5.41) is 0. The number of pyridine rings is 1. The maximum Gasteiger partial charge on any atom is 0.261 e. The van der Waals surface area contributed by atoms with E-state index in [4.69, 9.17) is 22.1 Å². The van der Waals surface area contributed by atoms with Crippen molar-refractivity contribution >= 4 is 34.2 Å². The van der Waals surface area contributed by atoms with Crippen molar-refractivity contribution < 1.29 is 8.39 Å². The molecule has 1 aromatic heterocycles. The topological polar surface area (TPSA) is 77.2 Å². The number of nitrogens with two attached hydrogens (primary N) is 1. The third kappa shape index (κ3) is 3.51. The molecule has 0 aliphatic carbocycles. The molecule has 1 atom stereocenters. The minimum Gasteiger partial charge on any atom is -0.389 e. The molecule has 0 amide bonds. The maximum atomic E-state index is 11.4. The van der Waals surface area contributed by atoms with E-state index in [-0.39, 0.29) is 4.99 Å². The van der Waals surface area contributed by atoms with Gasteiger partial charge in [0.15, 0.2) is 0 Å². The van der Waals surface area contributed by atoms with Gasteiger partial charge in [0.1, 0.15) is 4.99 Å². The van der Waals surface area contributed by atoms with Crippen molar-refractivity contribution in [3.63, 3.8) is 0 Å². The molecular formula is C9H13N3O2S2. The number of anilines is 1. The van der Waals surface area contributed by atoms with E-state index < -0.39 is 11.3 Å². The first-order chi connectivity index (χ1) is 7.54. The van der Waals surface area contributed by atoms with Gasteiger partial charge < -0.3 is 5.73 Å². The van der Waals surface area contributed by atoms with E-state index in [1.165, 1.54) is 0 Å². The second-order valence-corrected chi connectivity index (χ2v) is 4.33. The lowest BCUT2D eigenvalue weighted by Crippen LogP contribution is -2.16. The zero-order chi connectivity index (χ0) is 12.1. The minimum atomic E-state index is -1.60. The number of aryl methyl sites for hydroxylation is 1. The molecule has 1 rings (SSSR count). The normalized spacial score (nSPS) is 12.1. The zero-order valence-electron chi connectivity index (χ0n) is 9.02. The van der Waals surface area contributed by atoms with Crippen LogP contribution in [0.2, 0.25) is 0 Å². The minimum absolute atomic E-state index is 0.198. The Morgan fingerprint density at radius 1 is 1.75 bits per heavy atom. The molecule has 1 aromatic rings. The predicted octanol–water partition coefficient (Wildman–Crippen LogP) is 1.05. The first-order valence-electron chi connectivity index (χ1n) is 4.62. The monoisotopic (exact) mass is 259 g/mol. The summed E-state index contributed by atoms with van der Waals surface area (Å²) in [5.74, 6) is 0. The number of thiocarbonyl (C=S) groups is 1. The van der Waals surface area contributed by atoms with Crippen molar-refractivity contribution in [1.82, 2.24) is 4.98 Å². The van der Waals surface area contributed by atoms with Crippen LogP contribution in [0.1, 0.15) is 18.2 Å². The molecule has 0 saturated carbocycles. The molecule has 0 aromatic carbocycles. The molecule has 0 bridgehead atoms. The SMILES string of the molecule is CCOS(=O)Nc1cc(C)ncc1C(N)=S. The predicted molar refractivity (Wildman–Crippen MR) is 68.3 cm³/mol. The summed E-state index contributed by atoms with van der Waals surface area (Å²) in [6.07, 6.45) is 1.54. The number of nitrogens with one attached hydrogen (secondary N) is 1. The van der Waals surface area contributed by atoms with Crippen LogP contribution in [-0.4, -0.2) is 20.8 Å². The van der Waals surface area contributed by atoms with Gasteiger partial charge in [0.05, 0.1) is 17.9 Å². The number of hydrogen-bond acceptors (Lipinski definition) is 4. The number of aromatic nitrogens is 1. The van der Waals surface area contributed by atoms with E-state index >= 15 is 0 Å². The van der Waals surface area contributed by atoms with Gasteiger partial charge in [-0.25, -0.2) is 4.21 Å². The molecule has 1 heterocycles. The third-order valence-electron chi connectivity index (χ3n) is 1.72. The standard InChI is InChI=1S/C9H13N3O2S2/c1-3-14-16(13)12-8-4-6(2)11-5-7(8)9(10)15/h4-5H,3H2,1-2H3,(H2,10,15)(H,11,12). The van der Waals surface area contributed by atoms with Crippen LogP contribution in [0.5, 0.6) is 0 Å². The summed E-state index contributed by atoms with van der Waals surface area (Å²) in [6, 6.07) is 1.71. The highest BCUT2D eigenvalue weighted by molar-refractivity contribution is 7.81. The van der Waals surface area contributed by atoms with E-state index in [0.717, 1.165) is 5.69 Å². The molecular weight excluding hydrogens is 246 g/mol. The van der Waals surface area contributed by atoms with Gasteiger partial charge >= 0.3 is 0 Å². The molecule has 3 N–H and O–H groups in total. The number of nitrogens with zero attached hydrogens (tertiary/aromatic N) is 1. The fourth-order valence-electron chi connectivity index (χ4n) is 1.07. The molecule has 0 aliphatic rings. The van der Waals surface area contributed by atoms with E-state index in [1.807, 2.05) is 6.92 Å². The Labute approximate surface area is 102 Å². The van der Waals surface area contributed by atoms with Gasteiger partial charge in [0.2, 0.25) is 0 Å². The molecule has 0 spiro atoms. The van der Waals surface area contributed by atoms with Gasteiger partial charge in [-0.1, -0.05) is 12.2 Å². The second-order valence-electron chi connectivity index (χ2n) is 2.98. The smallest absolute Gasteiger partial charge is 0.261 e.